The number of benzene rings is 1. The van der Waals surface area contributed by atoms with Gasteiger partial charge >= 0.3 is 0 Å². The third-order valence-corrected chi connectivity index (χ3v) is 5.30. The number of piperidine rings is 1. The molecule has 2 N–H and O–H groups in total. The molecule has 1 aliphatic rings. The number of aromatic nitrogens is 2. The summed E-state index contributed by atoms with van der Waals surface area (Å²) in [6, 6.07) is 10.7. The van der Waals surface area contributed by atoms with Crippen LogP contribution in [0.2, 0.25) is 0 Å². The Labute approximate surface area is 167 Å². The first kappa shape index (κ1) is 19.4. The Bertz CT molecular complexity index is 1020. The molecule has 2 aromatic heterocycles. The van der Waals surface area contributed by atoms with E-state index < -0.39 is 17.2 Å². The fourth-order valence-electron chi connectivity index (χ4n) is 3.80. The van der Waals surface area contributed by atoms with E-state index in [1.54, 1.807) is 30.6 Å². The lowest BCUT2D eigenvalue weighted by atomic mass is 9.88. The molecule has 0 spiro atoms. The summed E-state index contributed by atoms with van der Waals surface area (Å²) < 4.78 is 26.8. The first-order valence-electron chi connectivity index (χ1n) is 9.44. The Hall–Kier alpha value is -2.90. The molecule has 0 saturated carbocycles. The third kappa shape index (κ3) is 3.83. The molecule has 1 saturated heterocycles. The van der Waals surface area contributed by atoms with Gasteiger partial charge in [0.15, 0.2) is 11.6 Å². The second-order valence-corrected chi connectivity index (χ2v) is 7.26. The van der Waals surface area contributed by atoms with Crippen molar-refractivity contribution in [1.82, 2.24) is 9.97 Å². The number of aliphatic hydroxyl groups is 2. The van der Waals surface area contributed by atoms with Gasteiger partial charge in [0, 0.05) is 23.9 Å². The van der Waals surface area contributed by atoms with Crippen molar-refractivity contribution < 1.29 is 19.0 Å². The van der Waals surface area contributed by atoms with Crippen molar-refractivity contribution in [3.63, 3.8) is 0 Å². The average Bonchev–Trinajstić information content (AvgIpc) is 2.76. The molecule has 1 aromatic carbocycles. The van der Waals surface area contributed by atoms with Gasteiger partial charge in [-0.25, -0.2) is 8.78 Å². The van der Waals surface area contributed by atoms with Crippen molar-refractivity contribution in [3.05, 3.63) is 77.8 Å². The first-order chi connectivity index (χ1) is 14.0. The second kappa shape index (κ2) is 7.85. The number of anilines is 1. The average molecular weight is 397 g/mol. The van der Waals surface area contributed by atoms with Crippen LogP contribution in [-0.2, 0) is 12.2 Å². The molecule has 29 heavy (non-hydrogen) atoms. The number of pyridine rings is 2. The fourth-order valence-corrected chi connectivity index (χ4v) is 3.80. The number of halogens is 2. The fraction of sp³-hybridized carbons (Fsp3) is 0.273. The van der Waals surface area contributed by atoms with Crippen LogP contribution >= 0.6 is 0 Å². The topological polar surface area (TPSA) is 69.5 Å². The monoisotopic (exact) mass is 397 g/mol. The molecule has 3 aromatic rings. The minimum absolute atomic E-state index is 0.243. The lowest BCUT2D eigenvalue weighted by Crippen LogP contribution is -2.47. The minimum Gasteiger partial charge on any atom is -0.392 e. The van der Waals surface area contributed by atoms with E-state index >= 15 is 0 Å². The first-order valence-corrected chi connectivity index (χ1v) is 9.44. The van der Waals surface area contributed by atoms with Gasteiger partial charge in [0.1, 0.15) is 5.60 Å². The molecular weight excluding hydrogens is 376 g/mol. The Morgan fingerprint density at radius 1 is 1.07 bits per heavy atom. The quantitative estimate of drug-likeness (QED) is 0.706. The summed E-state index contributed by atoms with van der Waals surface area (Å²) in [5.41, 5.74) is 1.69. The molecular formula is C22H21F2N3O2. The molecule has 0 amide bonds. The van der Waals surface area contributed by atoms with Gasteiger partial charge in [-0.1, -0.05) is 6.07 Å². The van der Waals surface area contributed by atoms with E-state index in [-0.39, 0.29) is 6.61 Å². The van der Waals surface area contributed by atoms with Crippen LogP contribution < -0.4 is 4.90 Å². The third-order valence-electron chi connectivity index (χ3n) is 5.30. The lowest BCUT2D eigenvalue weighted by Gasteiger charge is -2.40. The zero-order valence-electron chi connectivity index (χ0n) is 15.7. The van der Waals surface area contributed by atoms with Crippen LogP contribution in [0, 0.1) is 11.6 Å². The summed E-state index contributed by atoms with van der Waals surface area (Å²) in [4.78, 5) is 10.7. The number of β-amino-alcohol motifs (C(OH)–C–C–N with tert-alkyl or cyclic N) is 1. The van der Waals surface area contributed by atoms with Crippen molar-refractivity contribution in [2.75, 3.05) is 18.0 Å². The molecule has 3 heterocycles. The predicted octanol–water partition coefficient (Wildman–Crippen LogP) is 3.40. The predicted molar refractivity (Wildman–Crippen MR) is 105 cm³/mol. The van der Waals surface area contributed by atoms with E-state index in [4.69, 9.17) is 0 Å². The zero-order valence-corrected chi connectivity index (χ0v) is 15.7. The van der Waals surface area contributed by atoms with Gasteiger partial charge in [0.2, 0.25) is 0 Å². The smallest absolute Gasteiger partial charge is 0.159 e. The van der Waals surface area contributed by atoms with E-state index in [1.165, 1.54) is 6.07 Å². The summed E-state index contributed by atoms with van der Waals surface area (Å²) in [6.07, 6.45) is 4.61. The van der Waals surface area contributed by atoms with Crippen LogP contribution in [-0.4, -0.2) is 33.3 Å². The van der Waals surface area contributed by atoms with Crippen LogP contribution in [0.3, 0.4) is 0 Å². The molecule has 0 bridgehead atoms. The van der Waals surface area contributed by atoms with E-state index in [9.17, 15) is 19.0 Å². The molecule has 1 unspecified atom stereocenters. The van der Waals surface area contributed by atoms with Gasteiger partial charge in [-0.2, -0.15) is 0 Å². The van der Waals surface area contributed by atoms with Crippen molar-refractivity contribution in [3.8, 4) is 11.3 Å². The number of aliphatic hydroxyl groups excluding tert-OH is 1. The molecule has 150 valence electrons. The largest absolute Gasteiger partial charge is 0.392 e. The van der Waals surface area contributed by atoms with E-state index in [1.807, 2.05) is 11.0 Å². The highest BCUT2D eigenvalue weighted by Crippen LogP contribution is 2.35. The highest BCUT2D eigenvalue weighted by atomic mass is 19.2. The Kier molecular flexibility index (Phi) is 5.25. The van der Waals surface area contributed by atoms with Gasteiger partial charge in [-0.05, 0) is 49.2 Å². The van der Waals surface area contributed by atoms with Crippen molar-refractivity contribution in [2.24, 2.45) is 0 Å². The number of rotatable bonds is 4. The molecule has 0 aliphatic carbocycles. The van der Waals surface area contributed by atoms with E-state index in [2.05, 4.69) is 9.97 Å². The number of hydrogen-bond acceptors (Lipinski definition) is 5. The number of hydrogen-bond donors (Lipinski definition) is 2. The minimum atomic E-state index is -1.09. The molecule has 0 radical (unpaired) electrons. The van der Waals surface area contributed by atoms with Crippen LogP contribution in [0.1, 0.15) is 24.1 Å². The van der Waals surface area contributed by atoms with Gasteiger partial charge in [0.25, 0.3) is 0 Å². The highest BCUT2D eigenvalue weighted by molar-refractivity contribution is 5.65. The molecule has 4 rings (SSSR count). The molecule has 5 nitrogen and oxygen atoms in total. The maximum atomic E-state index is 13.6. The Morgan fingerprint density at radius 2 is 1.93 bits per heavy atom. The van der Waals surface area contributed by atoms with Crippen LogP contribution in [0.25, 0.3) is 11.3 Å². The van der Waals surface area contributed by atoms with E-state index in [0.29, 0.717) is 47.7 Å². The van der Waals surface area contributed by atoms with Gasteiger partial charge in [0.05, 0.1) is 36.4 Å². The number of nitrogens with zero attached hydrogens (tertiary/aromatic N) is 3. The lowest BCUT2D eigenvalue weighted by molar-refractivity contribution is 0.0176. The van der Waals surface area contributed by atoms with Crippen LogP contribution in [0.15, 0.2) is 54.9 Å². The van der Waals surface area contributed by atoms with E-state index in [0.717, 1.165) is 18.6 Å². The SMILES string of the molecule is OCc1cc(-c2ccc(F)c(F)c2)ncc1N1CCCC(O)(c2ccccn2)C1. The zero-order chi connectivity index (χ0) is 20.4. The van der Waals surface area contributed by atoms with Gasteiger partial charge in [-0.3, -0.25) is 9.97 Å². The highest BCUT2D eigenvalue weighted by Gasteiger charge is 2.36. The van der Waals surface area contributed by atoms with Crippen molar-refractivity contribution in [1.29, 1.82) is 0 Å². The summed E-state index contributed by atoms with van der Waals surface area (Å²) >= 11 is 0. The maximum Gasteiger partial charge on any atom is 0.159 e. The summed E-state index contributed by atoms with van der Waals surface area (Å²) in [6.45, 7) is 0.782. The van der Waals surface area contributed by atoms with Crippen LogP contribution in [0.4, 0.5) is 14.5 Å². The van der Waals surface area contributed by atoms with Crippen LogP contribution in [0.5, 0.6) is 0 Å². The summed E-state index contributed by atoms with van der Waals surface area (Å²) in [7, 11) is 0. The second-order valence-electron chi connectivity index (χ2n) is 7.26. The molecule has 7 heteroatoms. The Morgan fingerprint density at radius 3 is 2.66 bits per heavy atom. The van der Waals surface area contributed by atoms with Gasteiger partial charge in [-0.15, -0.1) is 0 Å². The Balaban J connectivity index is 1.65. The summed E-state index contributed by atoms with van der Waals surface area (Å²) in [5, 5.41) is 21.1. The maximum absolute atomic E-state index is 13.6. The molecule has 1 atom stereocenters. The standard InChI is InChI=1S/C22H21F2N3O2/c23-17-6-5-15(10-18(17)24)19-11-16(13-28)20(12-26-19)27-9-3-7-22(29,14-27)21-4-1-2-8-25-21/h1-2,4-6,8,10-12,28-29H,3,7,9,13-14H2. The normalized spacial score (nSPS) is 19.4. The van der Waals surface area contributed by atoms with Crippen molar-refractivity contribution >= 4 is 5.69 Å². The molecule has 1 aliphatic heterocycles. The van der Waals surface area contributed by atoms with Crippen molar-refractivity contribution in [2.45, 2.75) is 25.0 Å². The summed E-state index contributed by atoms with van der Waals surface area (Å²) in [5.74, 6) is -1.87. The van der Waals surface area contributed by atoms with Gasteiger partial charge < -0.3 is 15.1 Å². The molecule has 1 fully saturated rings.